The molecule has 52 heavy (non-hydrogen) atoms. The van der Waals surface area contributed by atoms with Crippen molar-refractivity contribution >= 4 is 17.7 Å². The van der Waals surface area contributed by atoms with Crippen LogP contribution in [0.2, 0.25) is 0 Å². The molecule has 11 nitrogen and oxygen atoms in total. The number of aliphatic hydroxyl groups is 2. The summed E-state index contributed by atoms with van der Waals surface area (Å²) in [5.74, 6) is -3.24. The Bertz CT molecular complexity index is 1630. The van der Waals surface area contributed by atoms with Crippen LogP contribution in [0.1, 0.15) is 78.7 Å². The van der Waals surface area contributed by atoms with Crippen molar-refractivity contribution in [2.24, 2.45) is 22.9 Å². The molecule has 2 N–H and O–H groups in total. The van der Waals surface area contributed by atoms with Crippen molar-refractivity contribution in [1.82, 2.24) is 0 Å². The summed E-state index contributed by atoms with van der Waals surface area (Å²) in [6, 6.07) is 9.00. The molecule has 0 radical (unpaired) electrons. The summed E-state index contributed by atoms with van der Waals surface area (Å²) >= 11 is 0. The fourth-order valence-corrected chi connectivity index (χ4v) is 8.43. The molecule has 0 amide bonds. The third-order valence-electron chi connectivity index (χ3n) is 11.4. The number of rotatable bonds is 5. The van der Waals surface area contributed by atoms with Crippen LogP contribution in [0.25, 0.3) is 0 Å². The molecule has 11 atom stereocenters. The summed E-state index contributed by atoms with van der Waals surface area (Å²) in [6.07, 6.45) is 8.81. The Morgan fingerprint density at radius 2 is 1.87 bits per heavy atom. The Hall–Kier alpha value is -3.61. The Morgan fingerprint density at radius 3 is 2.60 bits per heavy atom. The molecule has 1 aromatic rings. The van der Waals surface area contributed by atoms with Crippen LogP contribution in [0.5, 0.6) is 0 Å². The van der Waals surface area contributed by atoms with Gasteiger partial charge in [0.2, 0.25) is 0 Å². The van der Waals surface area contributed by atoms with E-state index >= 15 is 0 Å². The fourth-order valence-electron chi connectivity index (χ4n) is 8.43. The van der Waals surface area contributed by atoms with Crippen molar-refractivity contribution < 1.29 is 48.3 Å². The number of fused-ring (bicyclic) bond motifs is 2. The lowest BCUT2D eigenvalue weighted by Crippen LogP contribution is -2.58. The fraction of sp³-hybridized carbons (Fsp3) is 0.585. The van der Waals surface area contributed by atoms with E-state index in [0.29, 0.717) is 48.3 Å². The summed E-state index contributed by atoms with van der Waals surface area (Å²) in [5, 5.41) is 27.4. The van der Waals surface area contributed by atoms with Crippen molar-refractivity contribution in [3.8, 4) is 0 Å². The predicted molar refractivity (Wildman–Crippen MR) is 193 cm³/mol. The minimum absolute atomic E-state index is 0.00166. The molecule has 1 spiro atoms. The standard InChI is InChI=1S/C41H53NO10/c1-7-33-24(2)18-19-40(52-33)22-31-21-30(51-40)17-16-26(4)36(50-39(45)34(42-47-6)28-13-9-8-10-14-28)25(3)12-11-15-29-23-48-37-35(43)27(5)20-32(38(44)49-31)41(29,37)46/h8-16,20,24-25,30-33,35-37,43,46H,7,17-19,21-23H2,1-6H3/b12-11+,26-16+,29-15+,42-34+/t24-,25-,30+,31?,32-,33+,35+,36+,37+,40+,41+/m0/s1. The highest BCUT2D eigenvalue weighted by atomic mass is 16.7. The quantitative estimate of drug-likeness (QED) is 0.174. The van der Waals surface area contributed by atoms with Gasteiger partial charge in [-0.3, -0.25) is 4.79 Å². The van der Waals surface area contributed by atoms with Crippen molar-refractivity contribution in [1.29, 1.82) is 0 Å². The van der Waals surface area contributed by atoms with Gasteiger partial charge >= 0.3 is 11.9 Å². The number of carbonyl (C=O) groups excluding carboxylic acids is 2. The molecule has 5 aliphatic rings. The zero-order valence-electron chi connectivity index (χ0n) is 31.0. The normalized spacial score (nSPS) is 41.0. The smallest absolute Gasteiger partial charge is 0.361 e. The maximum absolute atomic E-state index is 14.1. The number of aliphatic hydroxyl groups excluding tert-OH is 1. The first kappa shape index (κ1) is 38.1. The van der Waals surface area contributed by atoms with E-state index in [1.807, 2.05) is 44.2 Å². The van der Waals surface area contributed by atoms with Crippen molar-refractivity contribution in [3.63, 3.8) is 0 Å². The monoisotopic (exact) mass is 719 g/mol. The van der Waals surface area contributed by atoms with Gasteiger partial charge in [-0.15, -0.1) is 0 Å². The molecular formula is C41H53NO10. The minimum atomic E-state index is -1.84. The van der Waals surface area contributed by atoms with E-state index in [2.05, 4.69) is 19.0 Å². The second kappa shape index (κ2) is 15.8. The van der Waals surface area contributed by atoms with E-state index in [1.54, 1.807) is 37.3 Å². The van der Waals surface area contributed by atoms with Gasteiger partial charge in [-0.1, -0.05) is 86.6 Å². The molecule has 0 aromatic heterocycles. The van der Waals surface area contributed by atoms with Crippen LogP contribution in [0.3, 0.4) is 0 Å². The average molecular weight is 720 g/mol. The van der Waals surface area contributed by atoms with E-state index < -0.39 is 53.7 Å². The summed E-state index contributed by atoms with van der Waals surface area (Å²) in [4.78, 5) is 32.9. The van der Waals surface area contributed by atoms with Gasteiger partial charge in [0.25, 0.3) is 0 Å². The number of allylic oxidation sites excluding steroid dienone is 2. The average Bonchev–Trinajstić information content (AvgIpc) is 3.47. The van der Waals surface area contributed by atoms with Crippen LogP contribution < -0.4 is 0 Å². The zero-order chi connectivity index (χ0) is 37.2. The Kier molecular flexibility index (Phi) is 11.6. The lowest BCUT2D eigenvalue weighted by atomic mass is 9.71. The first-order chi connectivity index (χ1) is 24.9. The molecule has 4 heterocycles. The molecule has 1 aliphatic carbocycles. The lowest BCUT2D eigenvalue weighted by Gasteiger charge is -2.50. The molecule has 11 heteroatoms. The highest BCUT2D eigenvalue weighted by molar-refractivity contribution is 6.43. The van der Waals surface area contributed by atoms with E-state index in [1.165, 1.54) is 7.11 Å². The molecule has 6 rings (SSSR count). The number of benzene rings is 1. The number of hydrogen-bond donors (Lipinski definition) is 2. The number of nitrogens with zero attached hydrogens (tertiary/aromatic N) is 1. The molecule has 0 saturated carbocycles. The summed E-state index contributed by atoms with van der Waals surface area (Å²) in [6.45, 7) is 9.88. The van der Waals surface area contributed by atoms with Gasteiger partial charge in [0.05, 0.1) is 18.8 Å². The molecular weight excluding hydrogens is 666 g/mol. The van der Waals surface area contributed by atoms with E-state index in [9.17, 15) is 19.8 Å². The van der Waals surface area contributed by atoms with Crippen molar-refractivity contribution in [2.75, 3.05) is 13.7 Å². The topological polar surface area (TPSA) is 142 Å². The van der Waals surface area contributed by atoms with Crippen molar-refractivity contribution in [3.05, 3.63) is 83.0 Å². The number of oxime groups is 1. The van der Waals surface area contributed by atoms with Crippen LogP contribution in [-0.2, 0) is 38.1 Å². The van der Waals surface area contributed by atoms with Crippen LogP contribution in [0.15, 0.2) is 82.6 Å². The first-order valence-electron chi connectivity index (χ1n) is 18.6. The van der Waals surface area contributed by atoms with E-state index in [0.717, 1.165) is 18.4 Å². The molecule has 2 bridgehead atoms. The second-order valence-electron chi connectivity index (χ2n) is 15.1. The largest absolute Gasteiger partial charge is 0.462 e. The lowest BCUT2D eigenvalue weighted by molar-refractivity contribution is -0.335. The maximum Gasteiger partial charge on any atom is 0.361 e. The molecule has 1 unspecified atom stereocenters. The molecule has 1 aromatic carbocycles. The van der Waals surface area contributed by atoms with Gasteiger partial charge in [-0.25, -0.2) is 4.79 Å². The van der Waals surface area contributed by atoms with Gasteiger partial charge in [0, 0.05) is 30.7 Å². The number of hydrogen-bond acceptors (Lipinski definition) is 11. The van der Waals surface area contributed by atoms with Crippen molar-refractivity contribution in [2.45, 2.75) is 121 Å². The van der Waals surface area contributed by atoms with E-state index in [4.69, 9.17) is 28.5 Å². The summed E-state index contributed by atoms with van der Waals surface area (Å²) in [5.41, 5.74) is 0.535. The Balaban J connectivity index is 1.39. The van der Waals surface area contributed by atoms with Gasteiger partial charge < -0.3 is 38.7 Å². The Labute approximate surface area is 306 Å². The van der Waals surface area contributed by atoms with Gasteiger partial charge in [-0.2, -0.15) is 0 Å². The van der Waals surface area contributed by atoms with Gasteiger partial charge in [0.15, 0.2) is 11.5 Å². The van der Waals surface area contributed by atoms with Gasteiger partial charge in [-0.05, 0) is 55.7 Å². The van der Waals surface area contributed by atoms with Crippen LogP contribution in [-0.4, -0.2) is 89.6 Å². The first-order valence-corrected chi connectivity index (χ1v) is 18.6. The number of esters is 2. The van der Waals surface area contributed by atoms with Crippen LogP contribution in [0.4, 0.5) is 0 Å². The molecule has 282 valence electrons. The molecule has 3 fully saturated rings. The summed E-state index contributed by atoms with van der Waals surface area (Å²) < 4.78 is 32.0. The van der Waals surface area contributed by atoms with E-state index in [-0.39, 0.29) is 30.4 Å². The summed E-state index contributed by atoms with van der Waals surface area (Å²) in [7, 11) is 1.38. The predicted octanol–water partition coefficient (Wildman–Crippen LogP) is 5.50. The highest BCUT2D eigenvalue weighted by Gasteiger charge is 2.60. The number of carbonyl (C=O) groups is 2. The second-order valence-corrected chi connectivity index (χ2v) is 15.1. The third kappa shape index (κ3) is 7.57. The zero-order valence-corrected chi connectivity index (χ0v) is 31.0. The Morgan fingerprint density at radius 1 is 1.10 bits per heavy atom. The third-order valence-corrected chi connectivity index (χ3v) is 11.4. The SMILES string of the molecule is CC[C@H]1O[C@]2(CC[C@@H]1C)CC1C[C@@H](C/C=C(\C)[C@H](OC(=O)/C(=N/OC)c3ccccc3)[C@@H](C)/C=C/C=C3\CO[C@@H]4[C@H](O)C(C)=C[C@@H](C(=O)O1)[C@]34O)O2. The highest BCUT2D eigenvalue weighted by Crippen LogP contribution is 2.47. The van der Waals surface area contributed by atoms with Gasteiger partial charge in [0.1, 0.15) is 43.0 Å². The number of ether oxygens (including phenoxy) is 5. The molecule has 3 saturated heterocycles. The maximum atomic E-state index is 14.1. The minimum Gasteiger partial charge on any atom is -0.462 e. The van der Waals surface area contributed by atoms with Crippen LogP contribution in [0, 0.1) is 17.8 Å². The van der Waals surface area contributed by atoms with Crippen LogP contribution >= 0.6 is 0 Å². The molecule has 4 aliphatic heterocycles.